The normalized spacial score (nSPS) is 14.7. The zero-order valence-electron chi connectivity index (χ0n) is 11.0. The van der Waals surface area contributed by atoms with E-state index in [1.807, 2.05) is 30.3 Å². The molecule has 0 aliphatic heterocycles. The number of carbonyl (C=O) groups excluding carboxylic acids is 1. The highest BCUT2D eigenvalue weighted by Crippen LogP contribution is 2.08. The van der Waals surface area contributed by atoms with Gasteiger partial charge in [-0.3, -0.25) is 4.79 Å². The number of hydrogen-bond donors (Lipinski definition) is 2. The second kappa shape index (κ2) is 6.96. The fourth-order valence-electron chi connectivity index (χ4n) is 1.76. The van der Waals surface area contributed by atoms with E-state index in [4.69, 9.17) is 0 Å². The summed E-state index contributed by atoms with van der Waals surface area (Å²) in [4.78, 5) is 11.9. The first-order valence-electron chi connectivity index (χ1n) is 5.98. The van der Waals surface area contributed by atoms with Gasteiger partial charge in [0.1, 0.15) is 9.84 Å². The molecule has 0 aliphatic carbocycles. The van der Waals surface area contributed by atoms with Gasteiger partial charge in [-0.05, 0) is 18.9 Å². The Labute approximate surface area is 119 Å². The number of sulfone groups is 1. The van der Waals surface area contributed by atoms with Gasteiger partial charge in [-0.2, -0.15) is 12.6 Å². The third-order valence-electron chi connectivity index (χ3n) is 2.52. The van der Waals surface area contributed by atoms with Gasteiger partial charge in [0.25, 0.3) is 0 Å². The second-order valence-corrected chi connectivity index (χ2v) is 7.52. The third-order valence-corrected chi connectivity index (χ3v) is 4.04. The van der Waals surface area contributed by atoms with Crippen molar-refractivity contribution in [1.82, 2.24) is 5.32 Å². The van der Waals surface area contributed by atoms with Gasteiger partial charge in [0.15, 0.2) is 0 Å². The van der Waals surface area contributed by atoms with E-state index in [1.54, 1.807) is 6.92 Å². The number of amides is 1. The first kappa shape index (κ1) is 16.0. The molecule has 0 heterocycles. The summed E-state index contributed by atoms with van der Waals surface area (Å²) in [5.74, 6) is -0.312. The van der Waals surface area contributed by atoms with Crippen molar-refractivity contribution in [3.8, 4) is 0 Å². The van der Waals surface area contributed by atoms with Crippen molar-refractivity contribution in [3.63, 3.8) is 0 Å². The highest BCUT2D eigenvalue weighted by Gasteiger charge is 2.18. The van der Waals surface area contributed by atoms with Crippen LogP contribution in [0.15, 0.2) is 30.3 Å². The highest BCUT2D eigenvalue weighted by atomic mass is 32.2. The van der Waals surface area contributed by atoms with Crippen LogP contribution in [-0.4, -0.2) is 37.6 Å². The zero-order chi connectivity index (χ0) is 14.5. The predicted octanol–water partition coefficient (Wildman–Crippen LogP) is 1.08. The summed E-state index contributed by atoms with van der Waals surface area (Å²) < 4.78 is 22.2. The van der Waals surface area contributed by atoms with Crippen molar-refractivity contribution < 1.29 is 13.2 Å². The summed E-state index contributed by atoms with van der Waals surface area (Å²) in [6, 6.07) is 9.16. The minimum absolute atomic E-state index is 0.0649. The lowest BCUT2D eigenvalue weighted by atomic mass is 10.1. The summed E-state index contributed by atoms with van der Waals surface area (Å²) in [5, 5.41) is 2.18. The first-order chi connectivity index (χ1) is 8.78. The molecule has 6 heteroatoms. The maximum atomic E-state index is 11.9. The average Bonchev–Trinajstić information content (AvgIpc) is 2.27. The van der Waals surface area contributed by atoms with Crippen molar-refractivity contribution in [2.45, 2.75) is 24.6 Å². The number of thiol groups is 1. The van der Waals surface area contributed by atoms with Gasteiger partial charge >= 0.3 is 0 Å². The zero-order valence-corrected chi connectivity index (χ0v) is 12.7. The third kappa shape index (κ3) is 6.63. The van der Waals surface area contributed by atoms with Gasteiger partial charge < -0.3 is 5.32 Å². The Hall–Kier alpha value is -1.01. The fourth-order valence-corrected chi connectivity index (χ4v) is 3.04. The SMILES string of the molecule is CC(CS(C)(=O)=O)NC(=O)C(S)Cc1ccccc1. The molecular formula is C13H19NO3S2. The van der Waals surface area contributed by atoms with Gasteiger partial charge in [0.2, 0.25) is 5.91 Å². The number of nitrogens with one attached hydrogen (secondary N) is 1. The van der Waals surface area contributed by atoms with E-state index in [-0.39, 0.29) is 11.7 Å². The molecule has 2 atom stereocenters. The summed E-state index contributed by atoms with van der Waals surface area (Å²) in [7, 11) is -3.09. The van der Waals surface area contributed by atoms with Gasteiger partial charge in [-0.25, -0.2) is 8.42 Å². The number of benzene rings is 1. The van der Waals surface area contributed by atoms with Crippen LogP contribution in [0.25, 0.3) is 0 Å². The van der Waals surface area contributed by atoms with Crippen LogP contribution in [0.1, 0.15) is 12.5 Å². The molecule has 1 rings (SSSR count). The van der Waals surface area contributed by atoms with Crippen LogP contribution >= 0.6 is 12.6 Å². The summed E-state index contributed by atoms with van der Waals surface area (Å²) >= 11 is 4.26. The van der Waals surface area contributed by atoms with E-state index in [9.17, 15) is 13.2 Å². The molecule has 19 heavy (non-hydrogen) atoms. The molecule has 1 aromatic rings. The number of hydrogen-bond acceptors (Lipinski definition) is 4. The molecule has 0 aliphatic rings. The molecule has 4 nitrogen and oxygen atoms in total. The molecule has 1 N–H and O–H groups in total. The largest absolute Gasteiger partial charge is 0.352 e. The molecular weight excluding hydrogens is 282 g/mol. The van der Waals surface area contributed by atoms with Crippen molar-refractivity contribution >= 4 is 28.4 Å². The standard InChI is InChI=1S/C13H19NO3S2/c1-10(9-19(2,16)17)14-13(15)12(18)8-11-6-4-3-5-7-11/h3-7,10,12,18H,8-9H2,1-2H3,(H,14,15). The minimum Gasteiger partial charge on any atom is -0.352 e. The Morgan fingerprint density at radius 2 is 1.89 bits per heavy atom. The van der Waals surface area contributed by atoms with Crippen LogP contribution in [-0.2, 0) is 21.1 Å². The van der Waals surface area contributed by atoms with E-state index in [0.717, 1.165) is 11.8 Å². The van der Waals surface area contributed by atoms with Gasteiger partial charge in [0.05, 0.1) is 11.0 Å². The lowest BCUT2D eigenvalue weighted by Crippen LogP contribution is -2.41. The van der Waals surface area contributed by atoms with Gasteiger partial charge in [-0.1, -0.05) is 30.3 Å². The van der Waals surface area contributed by atoms with Crippen molar-refractivity contribution in [1.29, 1.82) is 0 Å². The van der Waals surface area contributed by atoms with Crippen LogP contribution < -0.4 is 5.32 Å². The minimum atomic E-state index is -3.09. The molecule has 0 saturated carbocycles. The van der Waals surface area contributed by atoms with Crippen LogP contribution in [0, 0.1) is 0 Å². The van der Waals surface area contributed by atoms with E-state index < -0.39 is 21.1 Å². The summed E-state index contributed by atoms with van der Waals surface area (Å²) in [6.07, 6.45) is 1.67. The van der Waals surface area contributed by atoms with Crippen LogP contribution in [0.2, 0.25) is 0 Å². The molecule has 0 spiro atoms. The smallest absolute Gasteiger partial charge is 0.233 e. The van der Waals surface area contributed by atoms with Crippen molar-refractivity contribution in [2.24, 2.45) is 0 Å². The molecule has 0 saturated heterocycles. The summed E-state index contributed by atoms with van der Waals surface area (Å²) in [6.45, 7) is 1.67. The Bertz CT molecular complexity index is 514. The number of carbonyl (C=O) groups is 1. The van der Waals surface area contributed by atoms with Crippen LogP contribution in [0.3, 0.4) is 0 Å². The Balaban J connectivity index is 2.49. The molecule has 2 unspecified atom stereocenters. The Morgan fingerprint density at radius 1 is 1.32 bits per heavy atom. The lowest BCUT2D eigenvalue weighted by molar-refractivity contribution is -0.121. The Kier molecular flexibility index (Phi) is 5.87. The quantitative estimate of drug-likeness (QED) is 0.773. The average molecular weight is 301 g/mol. The van der Waals surface area contributed by atoms with E-state index in [2.05, 4.69) is 17.9 Å². The van der Waals surface area contributed by atoms with Crippen molar-refractivity contribution in [3.05, 3.63) is 35.9 Å². The van der Waals surface area contributed by atoms with E-state index in [1.165, 1.54) is 0 Å². The molecule has 106 valence electrons. The summed E-state index contributed by atoms with van der Waals surface area (Å²) in [5.41, 5.74) is 1.02. The van der Waals surface area contributed by atoms with Crippen LogP contribution in [0.4, 0.5) is 0 Å². The second-order valence-electron chi connectivity index (χ2n) is 4.71. The molecule has 1 aromatic carbocycles. The van der Waals surface area contributed by atoms with E-state index in [0.29, 0.717) is 6.42 Å². The number of rotatable bonds is 6. The monoisotopic (exact) mass is 301 g/mol. The van der Waals surface area contributed by atoms with E-state index >= 15 is 0 Å². The molecule has 0 bridgehead atoms. The fraction of sp³-hybridized carbons (Fsp3) is 0.462. The predicted molar refractivity (Wildman–Crippen MR) is 80.2 cm³/mol. The Morgan fingerprint density at radius 3 is 2.42 bits per heavy atom. The maximum Gasteiger partial charge on any atom is 0.233 e. The molecule has 1 amide bonds. The van der Waals surface area contributed by atoms with Crippen molar-refractivity contribution in [2.75, 3.05) is 12.0 Å². The van der Waals surface area contributed by atoms with Crippen LogP contribution in [0.5, 0.6) is 0 Å². The molecule has 0 fully saturated rings. The van der Waals surface area contributed by atoms with Gasteiger partial charge in [-0.15, -0.1) is 0 Å². The topological polar surface area (TPSA) is 63.2 Å². The highest BCUT2D eigenvalue weighted by molar-refractivity contribution is 7.90. The van der Waals surface area contributed by atoms with Gasteiger partial charge in [0, 0.05) is 12.3 Å². The lowest BCUT2D eigenvalue weighted by Gasteiger charge is -2.16. The maximum absolute atomic E-state index is 11.9. The molecule has 0 aromatic heterocycles. The first-order valence-corrected chi connectivity index (χ1v) is 8.55. The molecule has 0 radical (unpaired) electrons.